The molecule has 0 amide bonds. The van der Waals surface area contributed by atoms with Crippen LogP contribution < -0.4 is 0 Å². The van der Waals surface area contributed by atoms with E-state index in [2.05, 4.69) is 12.2 Å². The third kappa shape index (κ3) is 1.99. The van der Waals surface area contributed by atoms with Crippen LogP contribution in [0.25, 0.3) is 0 Å². The fourth-order valence-corrected chi connectivity index (χ4v) is 2.65. The second kappa shape index (κ2) is 3.76. The number of carbonyl (C=O) groups excluding carboxylic acids is 1. The number of allylic oxidation sites excluding steroid dienone is 2. The monoisotopic (exact) mass is 194 g/mol. The maximum absolute atomic E-state index is 11.4. The van der Waals surface area contributed by atoms with Gasteiger partial charge in [0.1, 0.15) is 0 Å². The Morgan fingerprint density at radius 2 is 2.21 bits per heavy atom. The minimum Gasteiger partial charge on any atom is -0.463 e. The van der Waals surface area contributed by atoms with Crippen LogP contribution in [0.5, 0.6) is 0 Å². The van der Waals surface area contributed by atoms with E-state index < -0.39 is 0 Å². The normalized spacial score (nSPS) is 34.1. The van der Waals surface area contributed by atoms with Crippen molar-refractivity contribution >= 4 is 5.97 Å². The molecule has 14 heavy (non-hydrogen) atoms. The highest BCUT2D eigenvalue weighted by Gasteiger charge is 2.36. The molecule has 0 radical (unpaired) electrons. The van der Waals surface area contributed by atoms with Crippen LogP contribution in [0, 0.1) is 17.8 Å². The molecule has 2 nitrogen and oxygen atoms in total. The Balaban J connectivity index is 1.81. The molecule has 0 aromatic rings. The van der Waals surface area contributed by atoms with E-state index in [0.29, 0.717) is 18.3 Å². The van der Waals surface area contributed by atoms with Gasteiger partial charge in [-0.05, 0) is 44.4 Å². The van der Waals surface area contributed by atoms with E-state index in [0.717, 1.165) is 5.92 Å². The number of esters is 1. The summed E-state index contributed by atoms with van der Waals surface area (Å²) >= 11 is 0. The van der Waals surface area contributed by atoms with Crippen molar-refractivity contribution in [3.05, 3.63) is 12.2 Å². The Bertz CT molecular complexity index is 255. The number of fused-ring (bicyclic) bond motifs is 2. The van der Waals surface area contributed by atoms with Crippen LogP contribution >= 0.6 is 0 Å². The third-order valence-corrected chi connectivity index (χ3v) is 3.21. The minimum absolute atomic E-state index is 0.0223. The van der Waals surface area contributed by atoms with E-state index >= 15 is 0 Å². The lowest BCUT2D eigenvalue weighted by Crippen LogP contribution is -2.18. The first-order chi connectivity index (χ1) is 6.65. The van der Waals surface area contributed by atoms with Gasteiger partial charge in [0.05, 0.1) is 6.10 Å². The molecule has 0 aromatic carbocycles. The molecule has 3 atom stereocenters. The molecule has 2 heteroatoms. The van der Waals surface area contributed by atoms with Crippen molar-refractivity contribution in [2.75, 3.05) is 0 Å². The molecular weight excluding hydrogens is 176 g/mol. The van der Waals surface area contributed by atoms with E-state index in [1.54, 1.807) is 0 Å². The first kappa shape index (κ1) is 9.75. The van der Waals surface area contributed by atoms with Crippen molar-refractivity contribution in [2.24, 2.45) is 17.8 Å². The Morgan fingerprint density at radius 3 is 2.71 bits per heavy atom. The Morgan fingerprint density at radius 1 is 1.43 bits per heavy atom. The van der Waals surface area contributed by atoms with Crippen LogP contribution in [0.4, 0.5) is 0 Å². The Labute approximate surface area is 85.3 Å². The highest BCUT2D eigenvalue weighted by Crippen LogP contribution is 2.44. The fraction of sp³-hybridized carbons (Fsp3) is 0.750. The Hall–Kier alpha value is -0.790. The Kier molecular flexibility index (Phi) is 2.62. The van der Waals surface area contributed by atoms with Crippen LogP contribution in [0.3, 0.4) is 0 Å². The van der Waals surface area contributed by atoms with Crippen molar-refractivity contribution in [3.8, 4) is 0 Å². The van der Waals surface area contributed by atoms with Crippen LogP contribution in [-0.4, -0.2) is 12.1 Å². The highest BCUT2D eigenvalue weighted by molar-refractivity contribution is 5.70. The van der Waals surface area contributed by atoms with Gasteiger partial charge in [0.15, 0.2) is 0 Å². The minimum atomic E-state index is -0.0223. The maximum Gasteiger partial charge on any atom is 0.306 e. The first-order valence-electron chi connectivity index (χ1n) is 5.53. The summed E-state index contributed by atoms with van der Waals surface area (Å²) < 4.78 is 5.16. The van der Waals surface area contributed by atoms with E-state index in [1.165, 1.54) is 12.8 Å². The third-order valence-electron chi connectivity index (χ3n) is 3.21. The van der Waals surface area contributed by atoms with Crippen LogP contribution in [0.1, 0.15) is 33.1 Å². The van der Waals surface area contributed by atoms with Gasteiger partial charge in [-0.2, -0.15) is 0 Å². The standard InChI is InChI=1S/C12H18O2/c1-8(2)14-12(13)7-11-6-9-3-4-10(11)5-9/h3-4,8-11H,5-7H2,1-2H3. The van der Waals surface area contributed by atoms with E-state index in [9.17, 15) is 4.79 Å². The van der Waals surface area contributed by atoms with Gasteiger partial charge in [0.2, 0.25) is 0 Å². The molecule has 0 aliphatic heterocycles. The van der Waals surface area contributed by atoms with Crippen molar-refractivity contribution in [3.63, 3.8) is 0 Å². The van der Waals surface area contributed by atoms with E-state index in [1.807, 2.05) is 13.8 Å². The first-order valence-corrected chi connectivity index (χ1v) is 5.53. The largest absolute Gasteiger partial charge is 0.463 e. The number of hydrogen-bond donors (Lipinski definition) is 0. The number of ether oxygens (including phenoxy) is 1. The molecule has 3 unspecified atom stereocenters. The average Bonchev–Trinajstić information content (AvgIpc) is 2.62. The molecular formula is C12H18O2. The summed E-state index contributed by atoms with van der Waals surface area (Å²) in [7, 11) is 0. The van der Waals surface area contributed by atoms with Gasteiger partial charge in [0.25, 0.3) is 0 Å². The lowest BCUT2D eigenvalue weighted by molar-refractivity contribution is -0.148. The van der Waals surface area contributed by atoms with E-state index in [-0.39, 0.29) is 12.1 Å². The van der Waals surface area contributed by atoms with Gasteiger partial charge in [-0.25, -0.2) is 0 Å². The smallest absolute Gasteiger partial charge is 0.306 e. The zero-order chi connectivity index (χ0) is 10.1. The van der Waals surface area contributed by atoms with Gasteiger partial charge < -0.3 is 4.74 Å². The van der Waals surface area contributed by atoms with Gasteiger partial charge >= 0.3 is 5.97 Å². The van der Waals surface area contributed by atoms with Gasteiger partial charge in [-0.3, -0.25) is 4.79 Å². The quantitative estimate of drug-likeness (QED) is 0.510. The second-order valence-electron chi connectivity index (χ2n) is 4.78. The topological polar surface area (TPSA) is 26.3 Å². The summed E-state index contributed by atoms with van der Waals surface area (Å²) in [6, 6.07) is 0. The average molecular weight is 194 g/mol. The molecule has 2 aliphatic carbocycles. The van der Waals surface area contributed by atoms with E-state index in [4.69, 9.17) is 4.74 Å². The number of rotatable bonds is 3. The molecule has 1 saturated carbocycles. The molecule has 0 saturated heterocycles. The van der Waals surface area contributed by atoms with Crippen LogP contribution in [0.15, 0.2) is 12.2 Å². The lowest BCUT2D eigenvalue weighted by Gasteiger charge is -2.17. The SMILES string of the molecule is CC(C)OC(=O)CC1CC2C=CC1C2. The molecule has 2 bridgehead atoms. The van der Waals surface area contributed by atoms with Crippen molar-refractivity contribution < 1.29 is 9.53 Å². The van der Waals surface area contributed by atoms with Gasteiger partial charge in [-0.1, -0.05) is 12.2 Å². The summed E-state index contributed by atoms with van der Waals surface area (Å²) in [6.07, 6.45) is 7.67. The molecule has 0 N–H and O–H groups in total. The number of carbonyl (C=O) groups is 1. The van der Waals surface area contributed by atoms with Crippen LogP contribution in [0.2, 0.25) is 0 Å². The summed E-state index contributed by atoms with van der Waals surface area (Å²) in [4.78, 5) is 11.4. The fourth-order valence-electron chi connectivity index (χ4n) is 2.65. The summed E-state index contributed by atoms with van der Waals surface area (Å²) in [5.41, 5.74) is 0. The molecule has 0 heterocycles. The molecule has 1 fully saturated rings. The highest BCUT2D eigenvalue weighted by atomic mass is 16.5. The van der Waals surface area contributed by atoms with Crippen molar-refractivity contribution in [1.29, 1.82) is 0 Å². The summed E-state index contributed by atoms with van der Waals surface area (Å²) in [5, 5.41) is 0. The zero-order valence-electron chi connectivity index (χ0n) is 8.90. The molecule has 0 spiro atoms. The van der Waals surface area contributed by atoms with Crippen LogP contribution in [-0.2, 0) is 9.53 Å². The predicted molar refractivity (Wildman–Crippen MR) is 54.7 cm³/mol. The second-order valence-corrected chi connectivity index (χ2v) is 4.78. The molecule has 0 aromatic heterocycles. The molecule has 78 valence electrons. The van der Waals surface area contributed by atoms with Gasteiger partial charge in [0, 0.05) is 6.42 Å². The van der Waals surface area contributed by atoms with Gasteiger partial charge in [-0.15, -0.1) is 0 Å². The predicted octanol–water partition coefficient (Wildman–Crippen LogP) is 2.54. The van der Waals surface area contributed by atoms with Crippen molar-refractivity contribution in [2.45, 2.75) is 39.2 Å². The summed E-state index contributed by atoms with van der Waals surface area (Å²) in [6.45, 7) is 3.80. The summed E-state index contributed by atoms with van der Waals surface area (Å²) in [5.74, 6) is 1.93. The lowest BCUT2D eigenvalue weighted by atomic mass is 9.91. The maximum atomic E-state index is 11.4. The molecule has 2 rings (SSSR count). The zero-order valence-corrected chi connectivity index (χ0v) is 8.90. The molecule has 2 aliphatic rings. The van der Waals surface area contributed by atoms with Crippen molar-refractivity contribution in [1.82, 2.24) is 0 Å². The number of hydrogen-bond acceptors (Lipinski definition) is 2.